The van der Waals surface area contributed by atoms with Gasteiger partial charge in [-0.15, -0.1) is 0 Å². The Balaban J connectivity index is 1.89. The van der Waals surface area contributed by atoms with Crippen molar-refractivity contribution in [2.24, 2.45) is 17.4 Å². The summed E-state index contributed by atoms with van der Waals surface area (Å²) < 4.78 is 5.45. The van der Waals surface area contributed by atoms with Crippen LogP contribution in [0, 0.1) is 12.8 Å². The number of aryl methyl sites for hydroxylation is 1. The van der Waals surface area contributed by atoms with Gasteiger partial charge in [-0.1, -0.05) is 6.07 Å². The number of nitrogens with two attached hydrogens (primary N) is 2. The number of oxazole rings is 1. The number of nitrogens with zero attached hydrogens (tertiary/aromatic N) is 1. The minimum Gasteiger partial charge on any atom is -0.441 e. The summed E-state index contributed by atoms with van der Waals surface area (Å²) in [6.07, 6.45) is 2.05. The van der Waals surface area contributed by atoms with Crippen LogP contribution in [0.4, 0.5) is 0 Å². The fourth-order valence-electron chi connectivity index (χ4n) is 2.54. The molecule has 0 bridgehead atoms. The molecule has 1 aliphatic rings. The molecule has 0 saturated heterocycles. The third-order valence-corrected chi connectivity index (χ3v) is 3.62. The van der Waals surface area contributed by atoms with Gasteiger partial charge in [-0.3, -0.25) is 0 Å². The molecule has 0 aliphatic heterocycles. The Bertz CT molecular complexity index is 543. The van der Waals surface area contributed by atoms with E-state index in [4.69, 9.17) is 15.9 Å². The fourth-order valence-corrected chi connectivity index (χ4v) is 2.54. The van der Waals surface area contributed by atoms with Crippen molar-refractivity contribution in [3.8, 4) is 0 Å². The normalized spacial score (nSPS) is 25.8. The number of hydrogen-bond acceptors (Lipinski definition) is 4. The molecule has 1 unspecified atom stereocenters. The highest BCUT2D eigenvalue weighted by molar-refractivity contribution is 5.73. The summed E-state index contributed by atoms with van der Waals surface area (Å²) in [6, 6.07) is 6.41. The number of benzene rings is 1. The van der Waals surface area contributed by atoms with Crippen LogP contribution in [0.2, 0.25) is 0 Å². The quantitative estimate of drug-likeness (QED) is 0.827. The average molecular weight is 231 g/mol. The third-order valence-electron chi connectivity index (χ3n) is 3.62. The van der Waals surface area contributed by atoms with Crippen molar-refractivity contribution in [2.45, 2.75) is 31.8 Å². The van der Waals surface area contributed by atoms with E-state index in [2.05, 4.69) is 4.98 Å². The van der Waals surface area contributed by atoms with Crippen molar-refractivity contribution in [1.29, 1.82) is 0 Å². The lowest BCUT2D eigenvalue weighted by atomic mass is 9.74. The molecule has 4 nitrogen and oxygen atoms in total. The summed E-state index contributed by atoms with van der Waals surface area (Å²) in [6.45, 7) is 1.85. The number of rotatable bonds is 2. The van der Waals surface area contributed by atoms with E-state index in [9.17, 15) is 0 Å². The third kappa shape index (κ3) is 1.83. The van der Waals surface area contributed by atoms with Crippen LogP contribution >= 0.6 is 0 Å². The second kappa shape index (κ2) is 3.82. The maximum absolute atomic E-state index is 6.25. The second-order valence-corrected chi connectivity index (χ2v) is 4.98. The Morgan fingerprint density at radius 3 is 2.88 bits per heavy atom. The largest absolute Gasteiger partial charge is 0.441 e. The summed E-state index contributed by atoms with van der Waals surface area (Å²) in [5.74, 6) is 1.20. The van der Waals surface area contributed by atoms with Crippen molar-refractivity contribution in [1.82, 2.24) is 4.98 Å². The van der Waals surface area contributed by atoms with Crippen LogP contribution in [0.1, 0.15) is 30.3 Å². The minimum atomic E-state index is 0.0659. The smallest absolute Gasteiger partial charge is 0.192 e. The molecule has 4 N–H and O–H groups in total. The number of aromatic nitrogens is 1. The minimum absolute atomic E-state index is 0.0659. The van der Waals surface area contributed by atoms with Gasteiger partial charge in [-0.25, -0.2) is 4.98 Å². The van der Waals surface area contributed by atoms with Gasteiger partial charge in [0.2, 0.25) is 0 Å². The first-order valence-electron chi connectivity index (χ1n) is 6.02. The van der Waals surface area contributed by atoms with Crippen LogP contribution in [0.15, 0.2) is 22.6 Å². The molecule has 4 heteroatoms. The van der Waals surface area contributed by atoms with E-state index in [-0.39, 0.29) is 6.04 Å². The topological polar surface area (TPSA) is 78.1 Å². The SMILES string of the molecule is Cc1nc2cc(C(N)C3CC(N)C3)ccc2o1. The molecule has 1 heterocycles. The van der Waals surface area contributed by atoms with Gasteiger partial charge < -0.3 is 15.9 Å². The molecule has 1 saturated carbocycles. The van der Waals surface area contributed by atoms with E-state index in [1.54, 1.807) is 0 Å². The molecule has 1 atom stereocenters. The van der Waals surface area contributed by atoms with E-state index >= 15 is 0 Å². The standard InChI is InChI=1S/C13H17N3O/c1-7-16-11-6-8(2-3-12(11)17-7)13(15)9-4-10(14)5-9/h2-3,6,9-10,13H,4-5,14-15H2,1H3. The van der Waals surface area contributed by atoms with E-state index in [1.807, 2.05) is 25.1 Å². The van der Waals surface area contributed by atoms with Gasteiger partial charge >= 0.3 is 0 Å². The first kappa shape index (κ1) is 10.7. The molecule has 0 radical (unpaired) electrons. The van der Waals surface area contributed by atoms with Crippen LogP contribution in [0.3, 0.4) is 0 Å². The van der Waals surface area contributed by atoms with Gasteiger partial charge in [0.15, 0.2) is 11.5 Å². The Kier molecular flexibility index (Phi) is 2.42. The Morgan fingerprint density at radius 1 is 1.41 bits per heavy atom. The first-order valence-corrected chi connectivity index (χ1v) is 6.02. The van der Waals surface area contributed by atoms with Gasteiger partial charge in [0, 0.05) is 19.0 Å². The number of hydrogen-bond donors (Lipinski definition) is 2. The molecule has 1 fully saturated rings. The maximum atomic E-state index is 6.25. The first-order chi connectivity index (χ1) is 8.13. The lowest BCUT2D eigenvalue weighted by Gasteiger charge is -2.36. The summed E-state index contributed by atoms with van der Waals surface area (Å²) in [5.41, 5.74) is 14.9. The van der Waals surface area contributed by atoms with Gasteiger partial charge in [0.1, 0.15) is 5.52 Å². The summed E-state index contributed by atoms with van der Waals surface area (Å²) in [7, 11) is 0. The van der Waals surface area contributed by atoms with Crippen molar-refractivity contribution < 1.29 is 4.42 Å². The van der Waals surface area contributed by atoms with Gasteiger partial charge in [-0.2, -0.15) is 0 Å². The second-order valence-electron chi connectivity index (χ2n) is 4.98. The van der Waals surface area contributed by atoms with Crippen molar-refractivity contribution >= 4 is 11.1 Å². The zero-order valence-electron chi connectivity index (χ0n) is 9.89. The van der Waals surface area contributed by atoms with Crippen molar-refractivity contribution in [3.05, 3.63) is 29.7 Å². The summed E-state index contributed by atoms with van der Waals surface area (Å²) >= 11 is 0. The van der Waals surface area contributed by atoms with Crippen LogP contribution in [-0.4, -0.2) is 11.0 Å². The highest BCUT2D eigenvalue weighted by Gasteiger charge is 2.31. The summed E-state index contributed by atoms with van der Waals surface area (Å²) in [5, 5.41) is 0. The zero-order chi connectivity index (χ0) is 12.0. The van der Waals surface area contributed by atoms with Crippen LogP contribution in [0.25, 0.3) is 11.1 Å². The molecule has 1 aromatic carbocycles. The molecule has 17 heavy (non-hydrogen) atoms. The molecular weight excluding hydrogens is 214 g/mol. The average Bonchev–Trinajstić information content (AvgIpc) is 2.62. The predicted octanol–water partition coefficient (Wildman–Crippen LogP) is 1.87. The van der Waals surface area contributed by atoms with Crippen LogP contribution < -0.4 is 11.5 Å². The lowest BCUT2D eigenvalue weighted by molar-refractivity contribution is 0.224. The highest BCUT2D eigenvalue weighted by Crippen LogP contribution is 2.36. The Morgan fingerprint density at radius 2 is 2.18 bits per heavy atom. The van der Waals surface area contributed by atoms with E-state index in [0.29, 0.717) is 17.9 Å². The zero-order valence-corrected chi connectivity index (χ0v) is 9.89. The molecule has 90 valence electrons. The summed E-state index contributed by atoms with van der Waals surface area (Å²) in [4.78, 5) is 4.33. The highest BCUT2D eigenvalue weighted by atomic mass is 16.3. The Hall–Kier alpha value is -1.39. The maximum Gasteiger partial charge on any atom is 0.192 e. The molecule has 1 aliphatic carbocycles. The van der Waals surface area contributed by atoms with Crippen molar-refractivity contribution in [2.75, 3.05) is 0 Å². The van der Waals surface area contributed by atoms with Gasteiger partial charge in [0.25, 0.3) is 0 Å². The van der Waals surface area contributed by atoms with E-state index < -0.39 is 0 Å². The van der Waals surface area contributed by atoms with Crippen LogP contribution in [-0.2, 0) is 0 Å². The lowest BCUT2D eigenvalue weighted by Crippen LogP contribution is -2.41. The fraction of sp³-hybridized carbons (Fsp3) is 0.462. The molecule has 3 rings (SSSR count). The molecule has 1 aromatic heterocycles. The Labute approximate surface area is 100.0 Å². The van der Waals surface area contributed by atoms with E-state index in [1.165, 1.54) is 0 Å². The number of fused-ring (bicyclic) bond motifs is 1. The van der Waals surface area contributed by atoms with Crippen molar-refractivity contribution in [3.63, 3.8) is 0 Å². The molecular formula is C13H17N3O. The molecule has 2 aromatic rings. The van der Waals surface area contributed by atoms with Gasteiger partial charge in [0.05, 0.1) is 0 Å². The molecule has 0 amide bonds. The molecule has 0 spiro atoms. The predicted molar refractivity (Wildman–Crippen MR) is 66.4 cm³/mol. The van der Waals surface area contributed by atoms with E-state index in [0.717, 1.165) is 29.5 Å². The monoisotopic (exact) mass is 231 g/mol. The van der Waals surface area contributed by atoms with Crippen LogP contribution in [0.5, 0.6) is 0 Å². The van der Waals surface area contributed by atoms with Gasteiger partial charge in [-0.05, 0) is 36.5 Å².